The highest BCUT2D eigenvalue weighted by atomic mass is 31.2. The van der Waals surface area contributed by atoms with Crippen LogP contribution < -0.4 is 11.2 Å². The van der Waals surface area contributed by atoms with Crippen molar-refractivity contribution in [3.63, 3.8) is 0 Å². The van der Waals surface area contributed by atoms with Crippen LogP contribution in [0.15, 0.2) is 21.9 Å². The molecule has 0 saturated carbocycles. The first kappa shape index (κ1) is 15.5. The second-order valence-electron chi connectivity index (χ2n) is 4.52. The van der Waals surface area contributed by atoms with Crippen molar-refractivity contribution < 1.29 is 38.4 Å². The maximum atomic E-state index is 11.7. The topological polar surface area (TPSA) is 159 Å². The number of aromatic amines is 1. The van der Waals surface area contributed by atoms with Gasteiger partial charge in [0.15, 0.2) is 6.23 Å². The summed E-state index contributed by atoms with van der Waals surface area (Å²) < 4.78 is 30.5. The molecular weight excluding hydrogens is 327 g/mol. The molecule has 0 spiro atoms. The van der Waals surface area contributed by atoms with E-state index in [1.807, 2.05) is 4.98 Å². The van der Waals surface area contributed by atoms with E-state index in [4.69, 9.17) is 9.26 Å². The fourth-order valence-corrected chi connectivity index (χ4v) is 2.59. The van der Waals surface area contributed by atoms with Crippen LogP contribution in [0.3, 0.4) is 0 Å². The molecule has 0 aromatic carbocycles. The summed E-state index contributed by atoms with van der Waals surface area (Å²) in [5, 5.41) is 23.6. The highest BCUT2D eigenvalue weighted by Gasteiger charge is 2.47. The Balaban J connectivity index is 1.73. The molecule has 13 heteroatoms. The van der Waals surface area contributed by atoms with E-state index in [2.05, 4.69) is 14.4 Å². The lowest BCUT2D eigenvalue weighted by molar-refractivity contribution is -0.499. The Morgan fingerprint density at radius 2 is 2.05 bits per heavy atom. The highest BCUT2D eigenvalue weighted by Crippen LogP contribution is 2.57. The van der Waals surface area contributed by atoms with Crippen molar-refractivity contribution in [1.29, 1.82) is 0 Å². The summed E-state index contributed by atoms with van der Waals surface area (Å²) in [5.41, 5.74) is -1.44. The normalized spacial score (nSPS) is 33.5. The van der Waals surface area contributed by atoms with Gasteiger partial charge in [0.1, 0.15) is 18.3 Å². The number of phosphoric acid groups is 1. The minimum atomic E-state index is -3.81. The molecule has 22 heavy (non-hydrogen) atoms. The first-order valence-corrected chi connectivity index (χ1v) is 7.48. The Kier molecular flexibility index (Phi) is 4.01. The number of nitrogens with zero attached hydrogens (tertiary/aromatic N) is 1. The molecule has 2 aliphatic heterocycles. The molecule has 3 N–H and O–H groups in total. The third-order valence-corrected chi connectivity index (χ3v) is 4.06. The Hall–Kier alpha value is -1.37. The Morgan fingerprint density at radius 1 is 1.32 bits per heavy atom. The van der Waals surface area contributed by atoms with Gasteiger partial charge in [-0.2, -0.15) is 0 Å². The van der Waals surface area contributed by atoms with Crippen molar-refractivity contribution in [1.82, 2.24) is 9.55 Å². The zero-order valence-electron chi connectivity index (χ0n) is 10.7. The zero-order chi connectivity index (χ0) is 15.9. The summed E-state index contributed by atoms with van der Waals surface area (Å²) in [7, 11) is -3.81. The van der Waals surface area contributed by atoms with E-state index in [1.165, 1.54) is 0 Å². The predicted octanol–water partition coefficient (Wildman–Crippen LogP) is -1.83. The van der Waals surface area contributed by atoms with Gasteiger partial charge >= 0.3 is 13.5 Å². The standard InChI is InChI=1S/C9H11N2O10P/c12-5-1-2-11(9(15)10-5)8-7(14)6(13)4(18-8)3-17-22(16)20-19-21-22/h1-2,4,6-8,13-14H,3H2,(H,10,12,15)/t4-,6-,7-,8-/m1/s1. The summed E-state index contributed by atoms with van der Waals surface area (Å²) in [6, 6.07) is 1.05. The van der Waals surface area contributed by atoms with Gasteiger partial charge in [0.2, 0.25) is 0 Å². The molecule has 0 amide bonds. The lowest BCUT2D eigenvalue weighted by atomic mass is 10.1. The maximum absolute atomic E-state index is 11.7. The quantitative estimate of drug-likeness (QED) is 0.421. The molecule has 122 valence electrons. The minimum absolute atomic E-state index is 0.451. The number of rotatable bonds is 4. The van der Waals surface area contributed by atoms with Crippen molar-refractivity contribution in [2.45, 2.75) is 24.5 Å². The Labute approximate surface area is 121 Å². The summed E-state index contributed by atoms with van der Waals surface area (Å²) in [6.07, 6.45) is -4.17. The molecule has 3 heterocycles. The fraction of sp³-hybridized carbons (Fsp3) is 0.556. The van der Waals surface area contributed by atoms with Gasteiger partial charge in [0.25, 0.3) is 5.56 Å². The van der Waals surface area contributed by atoms with Crippen molar-refractivity contribution in [3.8, 4) is 0 Å². The highest BCUT2D eigenvalue weighted by molar-refractivity contribution is 7.48. The predicted molar refractivity (Wildman–Crippen MR) is 64.1 cm³/mol. The Bertz CT molecular complexity index is 707. The van der Waals surface area contributed by atoms with Crippen LogP contribution in [-0.4, -0.2) is 44.7 Å². The minimum Gasteiger partial charge on any atom is -0.387 e. The van der Waals surface area contributed by atoms with E-state index in [0.29, 0.717) is 0 Å². The number of hydrogen-bond donors (Lipinski definition) is 3. The second kappa shape index (κ2) is 5.68. The molecule has 2 fully saturated rings. The lowest BCUT2D eigenvalue weighted by Crippen LogP contribution is -2.37. The molecule has 1 aromatic heterocycles. The molecule has 0 unspecified atom stereocenters. The van der Waals surface area contributed by atoms with E-state index < -0.39 is 50.2 Å². The third-order valence-electron chi connectivity index (χ3n) is 3.10. The van der Waals surface area contributed by atoms with Crippen LogP contribution >= 0.6 is 7.82 Å². The van der Waals surface area contributed by atoms with Gasteiger partial charge in [-0.15, -0.1) is 0 Å². The van der Waals surface area contributed by atoms with Crippen molar-refractivity contribution in [3.05, 3.63) is 33.1 Å². The largest absolute Gasteiger partial charge is 0.534 e. The average molecular weight is 338 g/mol. The zero-order valence-corrected chi connectivity index (χ0v) is 11.6. The van der Waals surface area contributed by atoms with E-state index in [9.17, 15) is 24.4 Å². The van der Waals surface area contributed by atoms with E-state index in [0.717, 1.165) is 16.8 Å². The molecule has 2 saturated heterocycles. The van der Waals surface area contributed by atoms with Gasteiger partial charge in [-0.05, 0) is 5.04 Å². The summed E-state index contributed by atoms with van der Waals surface area (Å²) in [6.45, 7) is -0.451. The number of aliphatic hydroxyl groups excluding tert-OH is 2. The number of ether oxygens (including phenoxy) is 1. The second-order valence-corrected chi connectivity index (χ2v) is 5.97. The number of H-pyrrole nitrogens is 1. The molecule has 2 aliphatic rings. The number of hydrogen-bond acceptors (Lipinski definition) is 10. The van der Waals surface area contributed by atoms with Gasteiger partial charge in [-0.25, -0.2) is 9.36 Å². The molecular formula is C9H11N2O10P. The summed E-state index contributed by atoms with van der Waals surface area (Å²) in [4.78, 5) is 24.7. The first-order chi connectivity index (χ1) is 10.4. The van der Waals surface area contributed by atoms with Crippen LogP contribution in [0.25, 0.3) is 0 Å². The summed E-state index contributed by atoms with van der Waals surface area (Å²) in [5.74, 6) is 0. The first-order valence-electron chi connectivity index (χ1n) is 6.02. The summed E-state index contributed by atoms with van der Waals surface area (Å²) >= 11 is 0. The van der Waals surface area contributed by atoms with Crippen LogP contribution in [0.4, 0.5) is 0 Å². The van der Waals surface area contributed by atoms with Crippen LogP contribution in [0.1, 0.15) is 6.23 Å². The van der Waals surface area contributed by atoms with Gasteiger partial charge in [0, 0.05) is 12.3 Å². The van der Waals surface area contributed by atoms with Gasteiger partial charge in [-0.3, -0.25) is 18.9 Å². The average Bonchev–Trinajstić information content (AvgIpc) is 2.71. The smallest absolute Gasteiger partial charge is 0.387 e. The number of aliphatic hydroxyl groups is 2. The molecule has 0 bridgehead atoms. The van der Waals surface area contributed by atoms with Crippen LogP contribution in [0.5, 0.6) is 0 Å². The molecule has 4 atom stereocenters. The molecule has 0 aliphatic carbocycles. The number of nitrogens with one attached hydrogen (secondary N) is 1. The monoisotopic (exact) mass is 338 g/mol. The number of aromatic nitrogens is 2. The van der Waals surface area contributed by atoms with Crippen LogP contribution in [0, 0.1) is 0 Å². The SMILES string of the molecule is O=c1ccn([C@@H]2O[C@H](COP3(=O)OOO3)[C@@H](O)[C@H]2O)c(=O)[nH]1. The van der Waals surface area contributed by atoms with Crippen molar-refractivity contribution in [2.24, 2.45) is 0 Å². The molecule has 0 radical (unpaired) electrons. The molecule has 12 nitrogen and oxygen atoms in total. The third kappa shape index (κ3) is 2.78. The van der Waals surface area contributed by atoms with Gasteiger partial charge in [0.05, 0.1) is 6.61 Å². The Morgan fingerprint density at radius 3 is 2.64 bits per heavy atom. The van der Waals surface area contributed by atoms with Crippen molar-refractivity contribution in [2.75, 3.05) is 6.61 Å². The lowest BCUT2D eigenvalue weighted by Gasteiger charge is -2.22. The van der Waals surface area contributed by atoms with Crippen LogP contribution in [0.2, 0.25) is 0 Å². The van der Waals surface area contributed by atoms with Crippen LogP contribution in [-0.2, 0) is 28.2 Å². The fourth-order valence-electron chi connectivity index (χ4n) is 2.01. The molecule has 3 rings (SSSR count). The van der Waals surface area contributed by atoms with Crippen molar-refractivity contribution >= 4 is 7.82 Å². The van der Waals surface area contributed by atoms with E-state index >= 15 is 0 Å². The van der Waals surface area contributed by atoms with E-state index in [1.54, 1.807) is 0 Å². The van der Waals surface area contributed by atoms with Gasteiger partial charge in [-0.1, -0.05) is 9.35 Å². The molecule has 1 aromatic rings. The maximum Gasteiger partial charge on any atom is 0.534 e. The van der Waals surface area contributed by atoms with E-state index in [-0.39, 0.29) is 0 Å². The van der Waals surface area contributed by atoms with Gasteiger partial charge < -0.3 is 14.9 Å².